The Morgan fingerprint density at radius 2 is 1.85 bits per heavy atom. The van der Waals surface area contributed by atoms with Crippen LogP contribution in [0.5, 0.6) is 0 Å². The van der Waals surface area contributed by atoms with Gasteiger partial charge in [-0.25, -0.2) is 9.97 Å². The lowest BCUT2D eigenvalue weighted by molar-refractivity contribution is -0.113. The van der Waals surface area contributed by atoms with Crippen LogP contribution in [0.2, 0.25) is 0 Å². The van der Waals surface area contributed by atoms with Crippen molar-refractivity contribution in [1.82, 2.24) is 25.5 Å². The summed E-state index contributed by atoms with van der Waals surface area (Å²) in [5, 5.41) is 6.00. The van der Waals surface area contributed by atoms with Gasteiger partial charge in [0, 0.05) is 44.5 Å². The van der Waals surface area contributed by atoms with Crippen LogP contribution >= 0.6 is 0 Å². The van der Waals surface area contributed by atoms with Gasteiger partial charge in [0.25, 0.3) is 11.8 Å². The monoisotopic (exact) mass is 620 g/mol. The van der Waals surface area contributed by atoms with Gasteiger partial charge in [0.1, 0.15) is 23.4 Å². The molecule has 0 spiro atoms. The van der Waals surface area contributed by atoms with Crippen molar-refractivity contribution < 1.29 is 14.4 Å². The highest BCUT2D eigenvalue weighted by Gasteiger charge is 2.34. The summed E-state index contributed by atoms with van der Waals surface area (Å²) in [6, 6.07) is 11.5. The van der Waals surface area contributed by atoms with E-state index in [1.807, 2.05) is 24.4 Å². The standard InChI is InChI=1S/C34H35N7O3.CH5N/c1-19-23(16-36-3)8-9-26-25(19)10-11-27(26)40-34(44)29-14-28(38-18-39-29)33(43)37-15-21-6-7-22-5-4-12-41(17-24(22)13-21)31-20(2)32(42)30(31)35;1-2/h6-9,13-14,16,18,27H,2,4-5,10-12,15,17,35H2,1,3H3,(H,37,43)(H,40,44);2H2,1H3. The molecule has 6 rings (SSSR count). The topological polar surface area (TPSA) is 169 Å². The van der Waals surface area contributed by atoms with Crippen molar-refractivity contribution in [3.63, 3.8) is 0 Å². The fourth-order valence-corrected chi connectivity index (χ4v) is 6.39. The highest BCUT2D eigenvalue weighted by atomic mass is 16.2. The van der Waals surface area contributed by atoms with Gasteiger partial charge in [0.15, 0.2) is 0 Å². The van der Waals surface area contributed by atoms with E-state index in [1.54, 1.807) is 7.05 Å². The number of amides is 2. The van der Waals surface area contributed by atoms with E-state index in [0.717, 1.165) is 60.2 Å². The summed E-state index contributed by atoms with van der Waals surface area (Å²) in [7, 11) is 3.25. The van der Waals surface area contributed by atoms with Crippen molar-refractivity contribution in [3.05, 3.63) is 117 Å². The number of carbonyl (C=O) groups excluding carboxylic acids is 3. The van der Waals surface area contributed by atoms with Crippen molar-refractivity contribution in [1.29, 1.82) is 0 Å². The van der Waals surface area contributed by atoms with Gasteiger partial charge in [-0.15, -0.1) is 0 Å². The Morgan fingerprint density at radius 3 is 2.59 bits per heavy atom. The van der Waals surface area contributed by atoms with Crippen LogP contribution in [-0.4, -0.2) is 59.3 Å². The fraction of sp³-hybridized carbons (Fsp3) is 0.314. The molecule has 0 saturated heterocycles. The highest BCUT2D eigenvalue weighted by Crippen LogP contribution is 2.35. The van der Waals surface area contributed by atoms with Crippen LogP contribution in [0, 0.1) is 6.92 Å². The molecule has 11 heteroatoms. The molecule has 46 heavy (non-hydrogen) atoms. The number of hydrogen-bond donors (Lipinski definition) is 4. The van der Waals surface area contributed by atoms with Crippen LogP contribution in [0.25, 0.3) is 0 Å². The van der Waals surface area contributed by atoms with E-state index in [-0.39, 0.29) is 41.4 Å². The Hall–Kier alpha value is -5.16. The summed E-state index contributed by atoms with van der Waals surface area (Å²) in [4.78, 5) is 52.6. The molecule has 1 atom stereocenters. The maximum Gasteiger partial charge on any atom is 0.270 e. The molecule has 3 aromatic rings. The van der Waals surface area contributed by atoms with E-state index in [4.69, 9.17) is 5.73 Å². The molecule has 3 aliphatic rings. The number of hydrogen-bond acceptors (Lipinski definition) is 9. The number of carbonyl (C=O) groups is 3. The molecule has 2 aromatic carbocycles. The van der Waals surface area contributed by atoms with Gasteiger partial charge in [-0.1, -0.05) is 36.9 Å². The lowest BCUT2D eigenvalue weighted by atomic mass is 9.92. The molecule has 0 saturated carbocycles. The Labute approximate surface area is 268 Å². The molecule has 11 nitrogen and oxygen atoms in total. The second kappa shape index (κ2) is 13.9. The van der Waals surface area contributed by atoms with Crippen molar-refractivity contribution in [2.24, 2.45) is 16.5 Å². The fourth-order valence-electron chi connectivity index (χ4n) is 6.39. The van der Waals surface area contributed by atoms with Gasteiger partial charge in [0.05, 0.1) is 11.7 Å². The summed E-state index contributed by atoms with van der Waals surface area (Å²) in [5.74, 6) is -0.924. The number of allylic oxidation sites excluding steroid dienone is 2. The third kappa shape index (κ3) is 6.32. The molecule has 1 aliphatic heterocycles. The molecular weight excluding hydrogens is 580 g/mol. The highest BCUT2D eigenvalue weighted by molar-refractivity contribution is 6.18. The quantitative estimate of drug-likeness (QED) is 0.231. The number of ketones is 1. The number of benzene rings is 2. The molecular formula is C35H40N8O3. The van der Waals surface area contributed by atoms with E-state index in [9.17, 15) is 14.4 Å². The van der Waals surface area contributed by atoms with Crippen LogP contribution < -0.4 is 22.1 Å². The normalized spacial score (nSPS) is 17.0. The molecule has 1 unspecified atom stereocenters. The summed E-state index contributed by atoms with van der Waals surface area (Å²) in [5.41, 5.74) is 20.1. The molecule has 238 valence electrons. The number of Topliss-reactive ketones (excluding diaryl/α,β-unsaturated/α-hetero) is 1. The summed E-state index contributed by atoms with van der Waals surface area (Å²) in [6.07, 6.45) is 6.61. The molecule has 1 aromatic heterocycles. The average Bonchev–Trinajstić information content (AvgIpc) is 3.37. The van der Waals surface area contributed by atoms with Gasteiger partial charge in [-0.05, 0) is 78.6 Å². The minimum absolute atomic E-state index is 0.118. The minimum Gasteiger partial charge on any atom is -0.394 e. The van der Waals surface area contributed by atoms with Crippen molar-refractivity contribution in [3.8, 4) is 0 Å². The third-order valence-corrected chi connectivity index (χ3v) is 8.78. The van der Waals surface area contributed by atoms with E-state index >= 15 is 0 Å². The maximum absolute atomic E-state index is 13.1. The summed E-state index contributed by atoms with van der Waals surface area (Å²) >= 11 is 0. The zero-order chi connectivity index (χ0) is 33.0. The first-order valence-corrected chi connectivity index (χ1v) is 15.4. The van der Waals surface area contributed by atoms with Gasteiger partial charge < -0.3 is 27.0 Å². The third-order valence-electron chi connectivity index (χ3n) is 8.78. The smallest absolute Gasteiger partial charge is 0.270 e. The lowest BCUT2D eigenvalue weighted by Gasteiger charge is -2.33. The first-order chi connectivity index (χ1) is 22.2. The van der Waals surface area contributed by atoms with E-state index in [1.165, 1.54) is 36.1 Å². The maximum atomic E-state index is 13.1. The van der Waals surface area contributed by atoms with Gasteiger partial charge in [0.2, 0.25) is 5.78 Å². The van der Waals surface area contributed by atoms with E-state index in [2.05, 4.69) is 61.9 Å². The molecule has 2 heterocycles. The van der Waals surface area contributed by atoms with Crippen LogP contribution in [0.1, 0.15) is 78.8 Å². The van der Waals surface area contributed by atoms with Crippen LogP contribution in [0.15, 0.2) is 71.3 Å². The van der Waals surface area contributed by atoms with Crippen molar-refractivity contribution in [2.45, 2.75) is 51.7 Å². The second-order valence-corrected chi connectivity index (χ2v) is 11.5. The number of aryl methyl sites for hydroxylation is 1. The second-order valence-electron chi connectivity index (χ2n) is 11.5. The molecule has 6 N–H and O–H groups in total. The first-order valence-electron chi connectivity index (χ1n) is 15.4. The van der Waals surface area contributed by atoms with E-state index < -0.39 is 5.91 Å². The Balaban J connectivity index is 0.00000204. The van der Waals surface area contributed by atoms with E-state index in [0.29, 0.717) is 12.1 Å². The summed E-state index contributed by atoms with van der Waals surface area (Å²) < 4.78 is 0. The van der Waals surface area contributed by atoms with Gasteiger partial charge in [-0.2, -0.15) is 0 Å². The van der Waals surface area contributed by atoms with Gasteiger partial charge >= 0.3 is 0 Å². The average molecular weight is 621 g/mol. The van der Waals surface area contributed by atoms with Crippen molar-refractivity contribution in [2.75, 3.05) is 20.6 Å². The SMILES string of the molecule is C=C1C(=O)C(N)=C1N1CCCc2ccc(CNC(=O)c3cc(C(=O)NC4CCc5c4ccc(C=NC)c5C)ncn3)cc2C1.CN. The molecule has 2 aliphatic carbocycles. The molecule has 2 amide bonds. The number of nitrogens with one attached hydrogen (secondary N) is 2. The number of nitrogens with zero attached hydrogens (tertiary/aromatic N) is 4. The van der Waals surface area contributed by atoms with Gasteiger partial charge in [-0.3, -0.25) is 19.4 Å². The molecule has 0 fully saturated rings. The number of aliphatic imine (C=N–C) groups is 1. The van der Waals surface area contributed by atoms with Crippen LogP contribution in [0.4, 0.5) is 0 Å². The predicted molar refractivity (Wildman–Crippen MR) is 177 cm³/mol. The lowest BCUT2D eigenvalue weighted by Crippen LogP contribution is -2.38. The predicted octanol–water partition coefficient (Wildman–Crippen LogP) is 2.81. The zero-order valence-corrected chi connectivity index (χ0v) is 26.5. The zero-order valence-electron chi connectivity index (χ0n) is 26.5. The van der Waals surface area contributed by atoms with Crippen molar-refractivity contribution >= 4 is 23.8 Å². The Kier molecular flexibility index (Phi) is 9.72. The number of fused-ring (bicyclic) bond motifs is 2. The van der Waals surface area contributed by atoms with Crippen LogP contribution in [0.3, 0.4) is 0 Å². The minimum atomic E-state index is -0.396. The number of nitrogens with two attached hydrogens (primary N) is 2. The first kappa shape index (κ1) is 32.2. The molecule has 0 radical (unpaired) electrons. The van der Waals surface area contributed by atoms with Crippen LogP contribution in [-0.2, 0) is 30.7 Å². The Morgan fingerprint density at radius 1 is 1.09 bits per heavy atom. The number of rotatable bonds is 7. The summed E-state index contributed by atoms with van der Waals surface area (Å²) in [6.45, 7) is 7.65. The largest absolute Gasteiger partial charge is 0.394 e. The Bertz CT molecular complexity index is 1780. The molecule has 0 bridgehead atoms. The number of aromatic nitrogens is 2.